The van der Waals surface area contributed by atoms with Gasteiger partial charge in [-0.25, -0.2) is 4.39 Å². The summed E-state index contributed by atoms with van der Waals surface area (Å²) in [5.74, 6) is 0.796. The van der Waals surface area contributed by atoms with Gasteiger partial charge in [-0.2, -0.15) is 11.3 Å². The minimum Gasteiger partial charge on any atom is -0.398 e. The Balaban J connectivity index is 1.72. The van der Waals surface area contributed by atoms with Crippen molar-refractivity contribution in [1.29, 1.82) is 0 Å². The van der Waals surface area contributed by atoms with E-state index < -0.39 is 18.3 Å². The molecule has 4 saturated heterocycles. The van der Waals surface area contributed by atoms with Crippen LogP contribution in [0.3, 0.4) is 0 Å². The fourth-order valence-corrected chi connectivity index (χ4v) is 4.97. The summed E-state index contributed by atoms with van der Waals surface area (Å²) in [5, 5.41) is 4.08. The highest BCUT2D eigenvalue weighted by atomic mass is 32.1. The van der Waals surface area contributed by atoms with E-state index in [-0.39, 0.29) is 11.6 Å². The van der Waals surface area contributed by atoms with E-state index in [1.807, 2.05) is 39.1 Å². The van der Waals surface area contributed by atoms with Crippen molar-refractivity contribution in [3.63, 3.8) is 0 Å². The van der Waals surface area contributed by atoms with Gasteiger partial charge in [-0.1, -0.05) is 0 Å². The van der Waals surface area contributed by atoms with Crippen molar-refractivity contribution in [3.8, 4) is 0 Å². The molecule has 1 atom stereocenters. The number of rotatable bonds is 3. The Morgan fingerprint density at radius 3 is 2.32 bits per heavy atom. The number of piperidine rings is 3. The summed E-state index contributed by atoms with van der Waals surface area (Å²) in [6, 6.07) is 2.03. The van der Waals surface area contributed by atoms with Gasteiger partial charge in [0.1, 0.15) is 5.73 Å². The van der Waals surface area contributed by atoms with E-state index in [4.69, 9.17) is 9.31 Å². The number of halogens is 1. The minimum atomic E-state index is -0.907. The normalized spacial score (nSPS) is 34.3. The summed E-state index contributed by atoms with van der Waals surface area (Å²) in [4.78, 5) is 2.47. The first-order valence-electron chi connectivity index (χ1n) is 9.28. The predicted octanol–water partition coefficient (Wildman–Crippen LogP) is 4.40. The number of fused-ring (bicyclic) bond motifs is 3. The van der Waals surface area contributed by atoms with Gasteiger partial charge in [0.15, 0.2) is 0 Å². The Kier molecular flexibility index (Phi) is 4.38. The molecule has 4 aliphatic heterocycles. The summed E-state index contributed by atoms with van der Waals surface area (Å²) >= 11 is 1.62. The number of nitrogens with zero attached hydrogens (tertiary/aromatic N) is 1. The largest absolute Gasteiger partial charge is 0.525 e. The van der Waals surface area contributed by atoms with Gasteiger partial charge in [-0.3, -0.25) is 0 Å². The molecular weight excluding hydrogens is 336 g/mol. The van der Waals surface area contributed by atoms with E-state index in [2.05, 4.69) is 10.3 Å². The lowest BCUT2D eigenvalue weighted by atomic mass is 9.70. The molecule has 1 unspecified atom stereocenters. The van der Waals surface area contributed by atoms with Gasteiger partial charge in [0.2, 0.25) is 0 Å². The summed E-state index contributed by atoms with van der Waals surface area (Å²) < 4.78 is 27.8. The molecule has 0 radical (unpaired) electrons. The molecule has 4 fully saturated rings. The third-order valence-electron chi connectivity index (χ3n) is 6.58. The van der Waals surface area contributed by atoms with Gasteiger partial charge < -0.3 is 14.2 Å². The Morgan fingerprint density at radius 1 is 1.20 bits per heavy atom. The molecule has 4 aliphatic rings. The molecule has 5 rings (SSSR count). The maximum Gasteiger partial charge on any atom is 0.525 e. The fraction of sp³-hybridized carbons (Fsp3) is 0.684. The molecule has 0 saturated carbocycles. The quantitative estimate of drug-likeness (QED) is 0.743. The number of hydrogen-bond donors (Lipinski definition) is 0. The Labute approximate surface area is 154 Å². The maximum atomic E-state index is 15.7. The third-order valence-corrected chi connectivity index (χ3v) is 7.26. The lowest BCUT2D eigenvalue weighted by Gasteiger charge is -2.46. The zero-order chi connectivity index (χ0) is 17.8. The van der Waals surface area contributed by atoms with Gasteiger partial charge in [0, 0.05) is 12.5 Å². The molecule has 0 N–H and O–H groups in total. The third kappa shape index (κ3) is 3.01. The second kappa shape index (κ2) is 6.19. The van der Waals surface area contributed by atoms with Crippen LogP contribution in [0, 0.1) is 11.8 Å². The highest BCUT2D eigenvalue weighted by Gasteiger charge is 2.54. The van der Waals surface area contributed by atoms with Gasteiger partial charge in [-0.15, -0.1) is 0 Å². The lowest BCUT2D eigenvalue weighted by Crippen LogP contribution is -2.48. The van der Waals surface area contributed by atoms with E-state index in [1.165, 1.54) is 0 Å². The minimum absolute atomic E-state index is 0.226. The summed E-state index contributed by atoms with van der Waals surface area (Å²) in [6.07, 6.45) is 2.32. The number of hydrogen-bond acceptors (Lipinski definition) is 4. The standard InChI is InChI=1S/C19H27BFNO2S/c1-18(2)19(3,4)24-20(23-18)17(21)16(14-7-10-25-12-14)15-11-22-8-5-13(15)6-9-22/h7,10,12-13,15H,5-6,8-9,11H2,1-4H3. The zero-order valence-electron chi connectivity index (χ0n) is 15.5. The average Bonchev–Trinajstić information content (AvgIpc) is 3.15. The smallest absolute Gasteiger partial charge is 0.398 e. The Morgan fingerprint density at radius 2 is 1.84 bits per heavy atom. The van der Waals surface area contributed by atoms with Crippen LogP contribution in [0.25, 0.3) is 5.57 Å². The molecule has 0 aliphatic carbocycles. The van der Waals surface area contributed by atoms with Crippen molar-refractivity contribution in [2.24, 2.45) is 11.8 Å². The van der Waals surface area contributed by atoms with Crippen molar-refractivity contribution < 1.29 is 13.7 Å². The number of thiophene rings is 1. The lowest BCUT2D eigenvalue weighted by molar-refractivity contribution is 0.00578. The van der Waals surface area contributed by atoms with Gasteiger partial charge in [0.05, 0.1) is 11.2 Å². The molecule has 0 amide bonds. The molecule has 3 nitrogen and oxygen atoms in total. The first-order chi connectivity index (χ1) is 11.8. The van der Waals surface area contributed by atoms with E-state index in [1.54, 1.807) is 11.3 Å². The highest BCUT2D eigenvalue weighted by Crippen LogP contribution is 2.46. The molecule has 6 heteroatoms. The molecule has 0 spiro atoms. The summed E-state index contributed by atoms with van der Waals surface area (Å²) in [6.45, 7) is 11.1. The summed E-state index contributed by atoms with van der Waals surface area (Å²) in [5.41, 5.74) is 0.536. The molecule has 1 aromatic rings. The topological polar surface area (TPSA) is 21.7 Å². The Bertz CT molecular complexity index is 649. The monoisotopic (exact) mass is 363 g/mol. The Hall–Kier alpha value is -0.685. The molecule has 5 heterocycles. The van der Waals surface area contributed by atoms with Crippen LogP contribution in [-0.4, -0.2) is 42.9 Å². The van der Waals surface area contributed by atoms with Gasteiger partial charge in [-0.05, 0) is 87.5 Å². The maximum absolute atomic E-state index is 15.7. The van der Waals surface area contributed by atoms with Crippen LogP contribution in [0.2, 0.25) is 0 Å². The molecule has 136 valence electrons. The van der Waals surface area contributed by atoms with Crippen LogP contribution in [-0.2, 0) is 9.31 Å². The molecular formula is C19H27BFNO2S. The molecule has 1 aromatic heterocycles. The van der Waals surface area contributed by atoms with Crippen molar-refractivity contribution >= 4 is 24.0 Å². The first kappa shape index (κ1) is 17.7. The van der Waals surface area contributed by atoms with Crippen molar-refractivity contribution in [2.45, 2.75) is 51.7 Å². The first-order valence-corrected chi connectivity index (χ1v) is 10.2. The van der Waals surface area contributed by atoms with Gasteiger partial charge >= 0.3 is 7.12 Å². The van der Waals surface area contributed by atoms with Crippen LogP contribution in [0.5, 0.6) is 0 Å². The second-order valence-electron chi connectivity index (χ2n) is 8.61. The van der Waals surface area contributed by atoms with Crippen molar-refractivity contribution in [2.75, 3.05) is 19.6 Å². The molecule has 2 bridgehead atoms. The van der Waals surface area contributed by atoms with Crippen molar-refractivity contribution in [1.82, 2.24) is 4.90 Å². The van der Waals surface area contributed by atoms with E-state index in [9.17, 15) is 0 Å². The predicted molar refractivity (Wildman–Crippen MR) is 101 cm³/mol. The molecule has 25 heavy (non-hydrogen) atoms. The average molecular weight is 363 g/mol. The van der Waals surface area contributed by atoms with Crippen LogP contribution in [0.4, 0.5) is 4.39 Å². The van der Waals surface area contributed by atoms with E-state index in [0.717, 1.165) is 43.6 Å². The van der Waals surface area contributed by atoms with Crippen LogP contribution in [0.1, 0.15) is 46.1 Å². The fourth-order valence-electron chi connectivity index (χ4n) is 4.31. The van der Waals surface area contributed by atoms with Gasteiger partial charge in [0.25, 0.3) is 0 Å². The van der Waals surface area contributed by atoms with E-state index in [0.29, 0.717) is 5.92 Å². The zero-order valence-corrected chi connectivity index (χ0v) is 16.4. The molecule has 0 aromatic carbocycles. The SMILES string of the molecule is CC1(C)OB(C(F)=C(c2ccsc2)C2CN3CCC2CC3)OC1(C)C. The highest BCUT2D eigenvalue weighted by molar-refractivity contribution is 7.08. The summed E-state index contributed by atoms with van der Waals surface area (Å²) in [7, 11) is -0.907. The van der Waals surface area contributed by atoms with Crippen LogP contribution >= 0.6 is 11.3 Å². The van der Waals surface area contributed by atoms with Crippen LogP contribution in [0.15, 0.2) is 22.6 Å². The van der Waals surface area contributed by atoms with Crippen molar-refractivity contribution in [3.05, 3.63) is 28.1 Å². The van der Waals surface area contributed by atoms with Crippen LogP contribution < -0.4 is 0 Å². The second-order valence-corrected chi connectivity index (χ2v) is 9.39. The van der Waals surface area contributed by atoms with E-state index >= 15 is 4.39 Å².